The molecular formula is C16H16N4O. The highest BCUT2D eigenvalue weighted by Gasteiger charge is 2.11. The van der Waals surface area contributed by atoms with Crippen molar-refractivity contribution >= 4 is 16.6 Å². The number of imidazole rings is 1. The van der Waals surface area contributed by atoms with Crippen LogP contribution in [0.3, 0.4) is 0 Å². The fraction of sp³-hybridized carbons (Fsp3) is 0.125. The van der Waals surface area contributed by atoms with E-state index in [1.54, 1.807) is 6.20 Å². The molecule has 0 aliphatic carbocycles. The molecule has 5 nitrogen and oxygen atoms in total. The number of hydrogen-bond acceptors (Lipinski definition) is 3. The van der Waals surface area contributed by atoms with Crippen molar-refractivity contribution in [2.75, 3.05) is 0 Å². The largest absolute Gasteiger partial charge is 0.409 e. The van der Waals surface area contributed by atoms with Crippen molar-refractivity contribution in [3.63, 3.8) is 0 Å². The van der Waals surface area contributed by atoms with E-state index in [-0.39, 0.29) is 5.84 Å². The molecule has 0 radical (unpaired) electrons. The molecule has 21 heavy (non-hydrogen) atoms. The smallest absolute Gasteiger partial charge is 0.170 e. The Balaban J connectivity index is 2.32. The zero-order chi connectivity index (χ0) is 14.8. The van der Waals surface area contributed by atoms with E-state index < -0.39 is 0 Å². The Labute approximate surface area is 122 Å². The maximum absolute atomic E-state index is 8.93. The highest BCUT2D eigenvalue weighted by Crippen LogP contribution is 2.26. The molecule has 2 aromatic carbocycles. The van der Waals surface area contributed by atoms with Crippen LogP contribution in [0, 0.1) is 0 Å². The van der Waals surface area contributed by atoms with Gasteiger partial charge in [0.15, 0.2) is 5.84 Å². The van der Waals surface area contributed by atoms with E-state index in [0.717, 1.165) is 34.3 Å². The van der Waals surface area contributed by atoms with Crippen LogP contribution in [0.5, 0.6) is 0 Å². The molecular weight excluding hydrogens is 264 g/mol. The van der Waals surface area contributed by atoms with Gasteiger partial charge in [0.2, 0.25) is 0 Å². The van der Waals surface area contributed by atoms with E-state index in [2.05, 4.69) is 21.6 Å². The van der Waals surface area contributed by atoms with Gasteiger partial charge in [-0.3, -0.25) is 0 Å². The summed E-state index contributed by atoms with van der Waals surface area (Å²) in [5, 5.41) is 14.0. The van der Waals surface area contributed by atoms with Gasteiger partial charge in [0.05, 0.1) is 5.69 Å². The maximum atomic E-state index is 8.93. The fourth-order valence-electron chi connectivity index (χ4n) is 2.59. The van der Waals surface area contributed by atoms with Gasteiger partial charge in [0, 0.05) is 29.8 Å². The molecule has 0 unspecified atom stereocenters. The van der Waals surface area contributed by atoms with Gasteiger partial charge >= 0.3 is 0 Å². The van der Waals surface area contributed by atoms with Crippen molar-refractivity contribution in [1.82, 2.24) is 9.55 Å². The Bertz CT molecular complexity index is 820. The predicted molar refractivity (Wildman–Crippen MR) is 83.0 cm³/mol. The molecule has 0 amide bonds. The lowest BCUT2D eigenvalue weighted by Crippen LogP contribution is -2.14. The van der Waals surface area contributed by atoms with Crippen LogP contribution in [0.1, 0.15) is 18.3 Å². The second-order valence-electron chi connectivity index (χ2n) is 4.73. The van der Waals surface area contributed by atoms with Crippen molar-refractivity contribution in [2.45, 2.75) is 13.3 Å². The van der Waals surface area contributed by atoms with Crippen molar-refractivity contribution in [1.29, 1.82) is 0 Å². The van der Waals surface area contributed by atoms with Crippen LogP contribution in [-0.4, -0.2) is 20.6 Å². The van der Waals surface area contributed by atoms with Gasteiger partial charge in [-0.2, -0.15) is 0 Å². The van der Waals surface area contributed by atoms with E-state index in [1.165, 1.54) is 0 Å². The fourth-order valence-corrected chi connectivity index (χ4v) is 2.59. The van der Waals surface area contributed by atoms with Gasteiger partial charge in [-0.1, -0.05) is 36.3 Å². The van der Waals surface area contributed by atoms with Crippen LogP contribution in [0.15, 0.2) is 53.9 Å². The third-order valence-electron chi connectivity index (χ3n) is 3.58. The van der Waals surface area contributed by atoms with Crippen LogP contribution in [0.2, 0.25) is 0 Å². The second-order valence-corrected chi connectivity index (χ2v) is 4.73. The van der Waals surface area contributed by atoms with E-state index in [9.17, 15) is 0 Å². The molecule has 0 fully saturated rings. The van der Waals surface area contributed by atoms with Crippen molar-refractivity contribution in [3.05, 3.63) is 60.2 Å². The Hall–Kier alpha value is -2.82. The van der Waals surface area contributed by atoms with Gasteiger partial charge < -0.3 is 15.5 Å². The molecule has 0 saturated carbocycles. The minimum atomic E-state index is 0.110. The molecule has 0 aliphatic heterocycles. The zero-order valence-electron chi connectivity index (χ0n) is 11.7. The quantitative estimate of drug-likeness (QED) is 0.335. The topological polar surface area (TPSA) is 76.4 Å². The molecule has 3 aromatic rings. The van der Waals surface area contributed by atoms with Gasteiger partial charge in [-0.05, 0) is 17.5 Å². The first-order chi connectivity index (χ1) is 10.3. The van der Waals surface area contributed by atoms with Crippen LogP contribution in [0.4, 0.5) is 0 Å². The summed E-state index contributed by atoms with van der Waals surface area (Å²) in [4.78, 5) is 4.37. The lowest BCUT2D eigenvalue weighted by Gasteiger charge is -2.13. The standard InChI is InChI=1S/C16H16N4O/c1-2-15-18-9-10-20(15)14-8-7-13(16(17)19-21)11-5-3-4-6-12(11)14/h3-10,21H,2H2,1H3,(H2,17,19). The second kappa shape index (κ2) is 5.28. The van der Waals surface area contributed by atoms with Gasteiger partial charge in [-0.25, -0.2) is 4.98 Å². The molecule has 106 valence electrons. The number of amidine groups is 1. The number of nitrogens with two attached hydrogens (primary N) is 1. The number of benzene rings is 2. The molecule has 0 aliphatic rings. The molecule has 0 bridgehead atoms. The van der Waals surface area contributed by atoms with Crippen LogP contribution < -0.4 is 5.73 Å². The summed E-state index contributed by atoms with van der Waals surface area (Å²) in [6, 6.07) is 11.7. The van der Waals surface area contributed by atoms with E-state index >= 15 is 0 Å². The first kappa shape index (κ1) is 13.2. The average Bonchev–Trinajstić information content (AvgIpc) is 3.01. The molecule has 5 heteroatoms. The number of aryl methyl sites for hydroxylation is 1. The number of oxime groups is 1. The number of rotatable bonds is 3. The van der Waals surface area contributed by atoms with Crippen molar-refractivity contribution in [2.24, 2.45) is 10.9 Å². The highest BCUT2D eigenvalue weighted by molar-refractivity contribution is 6.10. The summed E-state index contributed by atoms with van der Waals surface area (Å²) in [6.45, 7) is 2.08. The third kappa shape index (κ3) is 2.12. The summed E-state index contributed by atoms with van der Waals surface area (Å²) in [6.07, 6.45) is 4.60. The first-order valence-electron chi connectivity index (χ1n) is 6.78. The predicted octanol–water partition coefficient (Wildman–Crippen LogP) is 2.68. The van der Waals surface area contributed by atoms with Crippen LogP contribution >= 0.6 is 0 Å². The van der Waals surface area contributed by atoms with Crippen molar-refractivity contribution in [3.8, 4) is 5.69 Å². The number of nitrogens with zero attached hydrogens (tertiary/aromatic N) is 3. The SMILES string of the molecule is CCc1nccn1-c1ccc(/C(N)=N/O)c2ccccc12. The van der Waals surface area contributed by atoms with E-state index in [1.807, 2.05) is 42.6 Å². The minimum absolute atomic E-state index is 0.110. The Morgan fingerprint density at radius 1 is 1.24 bits per heavy atom. The Kier molecular flexibility index (Phi) is 3.31. The van der Waals surface area contributed by atoms with Crippen LogP contribution in [-0.2, 0) is 6.42 Å². The molecule has 0 atom stereocenters. The normalized spacial score (nSPS) is 12.0. The third-order valence-corrected chi connectivity index (χ3v) is 3.58. The molecule has 1 heterocycles. The first-order valence-corrected chi connectivity index (χ1v) is 6.78. The van der Waals surface area contributed by atoms with Gasteiger partial charge in [0.25, 0.3) is 0 Å². The molecule has 0 saturated heterocycles. The molecule has 0 spiro atoms. The lowest BCUT2D eigenvalue weighted by molar-refractivity contribution is 0.318. The zero-order valence-corrected chi connectivity index (χ0v) is 11.7. The summed E-state index contributed by atoms with van der Waals surface area (Å²) in [5.74, 6) is 1.11. The summed E-state index contributed by atoms with van der Waals surface area (Å²) >= 11 is 0. The monoisotopic (exact) mass is 280 g/mol. The van der Waals surface area contributed by atoms with Gasteiger partial charge in [-0.15, -0.1) is 0 Å². The number of fused-ring (bicyclic) bond motifs is 1. The Morgan fingerprint density at radius 3 is 2.71 bits per heavy atom. The highest BCUT2D eigenvalue weighted by atomic mass is 16.4. The van der Waals surface area contributed by atoms with Crippen molar-refractivity contribution < 1.29 is 5.21 Å². The summed E-state index contributed by atoms with van der Waals surface area (Å²) in [7, 11) is 0. The molecule has 3 N–H and O–H groups in total. The summed E-state index contributed by atoms with van der Waals surface area (Å²) in [5.41, 5.74) is 7.52. The molecule has 3 rings (SSSR count). The van der Waals surface area contributed by atoms with E-state index in [4.69, 9.17) is 10.9 Å². The Morgan fingerprint density at radius 2 is 2.00 bits per heavy atom. The average molecular weight is 280 g/mol. The minimum Gasteiger partial charge on any atom is -0.409 e. The van der Waals surface area contributed by atoms with E-state index in [0.29, 0.717) is 0 Å². The number of hydrogen-bond donors (Lipinski definition) is 2. The summed E-state index contributed by atoms with van der Waals surface area (Å²) < 4.78 is 2.07. The van der Waals surface area contributed by atoms with Gasteiger partial charge in [0.1, 0.15) is 5.82 Å². The maximum Gasteiger partial charge on any atom is 0.170 e. The van der Waals surface area contributed by atoms with Crippen LogP contribution in [0.25, 0.3) is 16.5 Å². The number of aromatic nitrogens is 2. The molecule has 1 aromatic heterocycles. The lowest BCUT2D eigenvalue weighted by atomic mass is 10.0.